The van der Waals surface area contributed by atoms with Gasteiger partial charge in [-0.1, -0.05) is 24.3 Å². The van der Waals surface area contributed by atoms with E-state index in [4.69, 9.17) is 0 Å². The number of nitrogens with one attached hydrogen (secondary N) is 1. The van der Waals surface area contributed by atoms with Crippen LogP contribution in [-0.4, -0.2) is 26.9 Å². The second kappa shape index (κ2) is 5.74. The van der Waals surface area contributed by atoms with Crippen molar-refractivity contribution in [3.05, 3.63) is 81.3 Å². The average molecular weight is 357 g/mol. The molecule has 1 N–H and O–H groups in total. The molecule has 2 aromatic carbocycles. The SMILES string of the molecule is O=C1c2ccccc2C(=O)N1Cc1n[nH]c(=O)c2ccc(C3=CCC3)cc12. The molecule has 2 amide bonds. The smallest absolute Gasteiger partial charge is 0.269 e. The molecule has 0 saturated heterocycles. The van der Waals surface area contributed by atoms with Crippen molar-refractivity contribution in [3.8, 4) is 0 Å². The molecular formula is C21H15N3O3. The van der Waals surface area contributed by atoms with Crippen LogP contribution in [0.1, 0.15) is 44.8 Å². The number of rotatable bonds is 3. The molecule has 0 atom stereocenters. The van der Waals surface area contributed by atoms with Gasteiger partial charge in [0.2, 0.25) is 0 Å². The third-order valence-electron chi connectivity index (χ3n) is 5.23. The lowest BCUT2D eigenvalue weighted by molar-refractivity contribution is 0.0641. The number of nitrogens with zero attached hydrogens (tertiary/aromatic N) is 2. The van der Waals surface area contributed by atoms with Crippen molar-refractivity contribution in [3.63, 3.8) is 0 Å². The van der Waals surface area contributed by atoms with Crippen LogP contribution in [0.15, 0.2) is 53.3 Å². The summed E-state index contributed by atoms with van der Waals surface area (Å²) < 4.78 is 0. The molecule has 6 heteroatoms. The molecule has 0 unspecified atom stereocenters. The zero-order chi connectivity index (χ0) is 18.5. The first-order chi connectivity index (χ1) is 13.1. The maximum Gasteiger partial charge on any atom is 0.272 e. The van der Waals surface area contributed by atoms with Crippen LogP contribution in [0, 0.1) is 0 Å². The van der Waals surface area contributed by atoms with E-state index in [2.05, 4.69) is 16.3 Å². The van der Waals surface area contributed by atoms with E-state index in [-0.39, 0.29) is 23.9 Å². The van der Waals surface area contributed by atoms with Gasteiger partial charge in [0.25, 0.3) is 17.4 Å². The zero-order valence-electron chi connectivity index (χ0n) is 14.4. The molecule has 2 aliphatic rings. The highest BCUT2D eigenvalue weighted by molar-refractivity contribution is 6.21. The van der Waals surface area contributed by atoms with Crippen LogP contribution in [0.3, 0.4) is 0 Å². The summed E-state index contributed by atoms with van der Waals surface area (Å²) in [5, 5.41) is 7.79. The third-order valence-corrected chi connectivity index (χ3v) is 5.23. The predicted molar refractivity (Wildman–Crippen MR) is 100 cm³/mol. The minimum absolute atomic E-state index is 0.0160. The standard InChI is InChI=1S/C21H15N3O3/c25-19-14-9-8-13(12-4-3-5-12)10-17(14)18(22-23-19)11-24-20(26)15-6-1-2-7-16(15)21(24)27/h1-2,4,6-10H,3,5,11H2,(H,23,25). The van der Waals surface area contributed by atoms with Crippen molar-refractivity contribution >= 4 is 28.2 Å². The Labute approximate surface area is 154 Å². The molecule has 132 valence electrons. The average Bonchev–Trinajstić information content (AvgIpc) is 2.88. The van der Waals surface area contributed by atoms with Gasteiger partial charge in [-0.25, -0.2) is 5.10 Å². The minimum Gasteiger partial charge on any atom is -0.269 e. The first-order valence-corrected chi connectivity index (χ1v) is 8.79. The van der Waals surface area contributed by atoms with Crippen LogP contribution in [0.5, 0.6) is 0 Å². The molecule has 27 heavy (non-hydrogen) atoms. The quantitative estimate of drug-likeness (QED) is 0.731. The number of aromatic amines is 1. The van der Waals surface area contributed by atoms with E-state index in [1.165, 1.54) is 10.5 Å². The van der Waals surface area contributed by atoms with Gasteiger partial charge in [-0.3, -0.25) is 19.3 Å². The molecule has 0 bridgehead atoms. The first-order valence-electron chi connectivity index (χ1n) is 8.79. The summed E-state index contributed by atoms with van der Waals surface area (Å²) in [5.41, 5.74) is 3.30. The van der Waals surface area contributed by atoms with Gasteiger partial charge in [0.1, 0.15) is 0 Å². The molecule has 6 nitrogen and oxygen atoms in total. The van der Waals surface area contributed by atoms with Gasteiger partial charge in [0, 0.05) is 5.39 Å². The summed E-state index contributed by atoms with van der Waals surface area (Å²) >= 11 is 0. The maximum atomic E-state index is 12.6. The Bertz CT molecular complexity index is 1190. The largest absolute Gasteiger partial charge is 0.272 e. The van der Waals surface area contributed by atoms with Crippen LogP contribution < -0.4 is 5.56 Å². The number of amides is 2. The summed E-state index contributed by atoms with van der Waals surface area (Å²) in [4.78, 5) is 38.6. The summed E-state index contributed by atoms with van der Waals surface area (Å²) in [6, 6.07) is 12.4. The number of H-pyrrole nitrogens is 1. The van der Waals surface area contributed by atoms with Gasteiger partial charge in [0.15, 0.2) is 0 Å². The zero-order valence-corrected chi connectivity index (χ0v) is 14.4. The number of hydrogen-bond acceptors (Lipinski definition) is 4. The van der Waals surface area contributed by atoms with E-state index in [9.17, 15) is 14.4 Å². The Morgan fingerprint density at radius 2 is 1.67 bits per heavy atom. The highest BCUT2D eigenvalue weighted by Gasteiger charge is 2.35. The number of fused-ring (bicyclic) bond motifs is 2. The van der Waals surface area contributed by atoms with Gasteiger partial charge in [0.05, 0.1) is 28.8 Å². The molecule has 1 aliphatic heterocycles. The summed E-state index contributed by atoms with van der Waals surface area (Å²) in [7, 11) is 0. The molecule has 3 aromatic rings. The fourth-order valence-corrected chi connectivity index (χ4v) is 3.62. The number of imide groups is 1. The fraction of sp³-hybridized carbons (Fsp3) is 0.143. The topological polar surface area (TPSA) is 83.1 Å². The lowest BCUT2D eigenvalue weighted by atomic mass is 9.90. The maximum absolute atomic E-state index is 12.6. The van der Waals surface area contributed by atoms with Gasteiger partial charge in [-0.15, -0.1) is 0 Å². The lowest BCUT2D eigenvalue weighted by Crippen LogP contribution is -2.30. The Hall–Kier alpha value is -3.54. The Balaban J connectivity index is 1.60. The van der Waals surface area contributed by atoms with E-state index in [1.807, 2.05) is 12.1 Å². The highest BCUT2D eigenvalue weighted by atomic mass is 16.2. The Morgan fingerprint density at radius 1 is 0.963 bits per heavy atom. The number of carbonyl (C=O) groups excluding carboxylic acids is 2. The molecule has 0 radical (unpaired) electrons. The summed E-state index contributed by atoms with van der Waals surface area (Å²) in [6.07, 6.45) is 4.23. The number of hydrogen-bond donors (Lipinski definition) is 1. The lowest BCUT2D eigenvalue weighted by Gasteiger charge is -2.17. The van der Waals surface area contributed by atoms with Crippen molar-refractivity contribution in [2.45, 2.75) is 19.4 Å². The normalized spacial score (nSPS) is 15.7. The van der Waals surface area contributed by atoms with Crippen LogP contribution in [0.4, 0.5) is 0 Å². The van der Waals surface area contributed by atoms with E-state index in [1.54, 1.807) is 30.3 Å². The monoisotopic (exact) mass is 357 g/mol. The van der Waals surface area contributed by atoms with E-state index in [0.29, 0.717) is 27.6 Å². The molecule has 1 aliphatic carbocycles. The van der Waals surface area contributed by atoms with Crippen LogP contribution in [-0.2, 0) is 6.54 Å². The van der Waals surface area contributed by atoms with Crippen LogP contribution >= 0.6 is 0 Å². The Morgan fingerprint density at radius 3 is 2.30 bits per heavy atom. The molecule has 2 heterocycles. The number of carbonyl (C=O) groups is 2. The minimum atomic E-state index is -0.338. The molecule has 1 aromatic heterocycles. The van der Waals surface area contributed by atoms with Crippen molar-refractivity contribution in [2.75, 3.05) is 0 Å². The highest BCUT2D eigenvalue weighted by Crippen LogP contribution is 2.31. The van der Waals surface area contributed by atoms with Crippen molar-refractivity contribution in [1.82, 2.24) is 15.1 Å². The second-order valence-electron chi connectivity index (χ2n) is 6.77. The first kappa shape index (κ1) is 15.7. The van der Waals surface area contributed by atoms with Gasteiger partial charge in [-0.2, -0.15) is 5.10 Å². The van der Waals surface area contributed by atoms with Crippen molar-refractivity contribution in [1.29, 1.82) is 0 Å². The molecular weight excluding hydrogens is 342 g/mol. The van der Waals surface area contributed by atoms with Crippen molar-refractivity contribution < 1.29 is 9.59 Å². The number of allylic oxidation sites excluding steroid dienone is 2. The third kappa shape index (κ3) is 2.33. The Kier molecular flexibility index (Phi) is 3.33. The van der Waals surface area contributed by atoms with Gasteiger partial charge in [-0.05, 0) is 48.2 Å². The van der Waals surface area contributed by atoms with Crippen LogP contribution in [0.25, 0.3) is 16.3 Å². The fourth-order valence-electron chi connectivity index (χ4n) is 3.62. The summed E-state index contributed by atoms with van der Waals surface area (Å²) in [6.45, 7) is 0.0160. The van der Waals surface area contributed by atoms with E-state index >= 15 is 0 Å². The number of benzene rings is 2. The summed E-state index contributed by atoms with van der Waals surface area (Å²) in [5.74, 6) is -0.677. The van der Waals surface area contributed by atoms with E-state index in [0.717, 1.165) is 18.4 Å². The molecule has 0 fully saturated rings. The second-order valence-corrected chi connectivity index (χ2v) is 6.77. The predicted octanol–water partition coefficient (Wildman–Crippen LogP) is 2.90. The van der Waals surface area contributed by atoms with E-state index < -0.39 is 0 Å². The van der Waals surface area contributed by atoms with Crippen LogP contribution in [0.2, 0.25) is 0 Å². The van der Waals surface area contributed by atoms with Gasteiger partial charge >= 0.3 is 0 Å². The molecule has 5 rings (SSSR count). The molecule has 0 spiro atoms. The van der Waals surface area contributed by atoms with Gasteiger partial charge < -0.3 is 0 Å². The number of aromatic nitrogens is 2. The molecule has 0 saturated carbocycles. The van der Waals surface area contributed by atoms with Crippen molar-refractivity contribution in [2.24, 2.45) is 0 Å².